The normalized spacial score (nSPS) is 18.7. The molecule has 12 aromatic rings. The maximum absolute atomic E-state index is 8.56. The number of anilines is 3. The zero-order chi connectivity index (χ0) is 102. The topological polar surface area (TPSA) is 179 Å². The molecule has 0 radical (unpaired) electrons. The van der Waals surface area contributed by atoms with Crippen molar-refractivity contribution < 1.29 is 91.0 Å². The first-order valence-corrected chi connectivity index (χ1v) is 52.1. The summed E-state index contributed by atoms with van der Waals surface area (Å²) in [5.41, 5.74) is 20.5. The molecule has 15 nitrogen and oxygen atoms in total. The van der Waals surface area contributed by atoms with Crippen LogP contribution in [0.5, 0.6) is 0 Å². The van der Waals surface area contributed by atoms with E-state index in [4.69, 9.17) is 40.6 Å². The van der Waals surface area contributed by atoms with E-state index in [9.17, 15) is 0 Å². The second-order valence-corrected chi connectivity index (χ2v) is 43.9. The average Bonchev–Trinajstić information content (AvgIpc) is 1.58. The third-order valence-corrected chi connectivity index (χ3v) is 29.4. The van der Waals surface area contributed by atoms with Crippen molar-refractivity contribution in [2.45, 2.75) is 306 Å². The minimum Gasteiger partial charge on any atom is -0.508 e. The first-order chi connectivity index (χ1) is 67.9. The maximum Gasteiger partial charge on any atom is 3.00 e. The third-order valence-electron chi connectivity index (χ3n) is 29.4. The Labute approximate surface area is 911 Å². The predicted octanol–water partition coefficient (Wildman–Crippen LogP) is 29.3. The van der Waals surface area contributed by atoms with Crippen molar-refractivity contribution in [2.75, 3.05) is 35.8 Å². The fourth-order valence-electron chi connectivity index (χ4n) is 21.9. The molecule has 0 bridgehead atoms. The number of rotatable bonds is 15. The van der Waals surface area contributed by atoms with E-state index in [2.05, 4.69) is 261 Å². The van der Waals surface area contributed by atoms with Gasteiger partial charge in [0.2, 0.25) is 0 Å². The maximum atomic E-state index is 8.56. The molecule has 20 rings (SSSR count). The van der Waals surface area contributed by atoms with Gasteiger partial charge in [0.25, 0.3) is 0 Å². The summed E-state index contributed by atoms with van der Waals surface area (Å²) in [5, 5.41) is 59.0. The monoisotopic (exact) mass is 2490 g/mol. The van der Waals surface area contributed by atoms with Gasteiger partial charge in [0.1, 0.15) is 0 Å². The summed E-state index contributed by atoms with van der Waals surface area (Å²) in [6.07, 6.45) is 39.2. The average molecular weight is 2490 g/mol. The molecule has 6 heterocycles. The number of benzene rings is 9. The summed E-state index contributed by atoms with van der Waals surface area (Å²) in [4.78, 5) is 26.6. The molecule has 776 valence electrons. The fourth-order valence-corrected chi connectivity index (χ4v) is 21.9. The van der Waals surface area contributed by atoms with Gasteiger partial charge in [0, 0.05) is 18.6 Å². The molecule has 5 fully saturated rings. The molecule has 18 heteroatoms. The van der Waals surface area contributed by atoms with Crippen molar-refractivity contribution in [3.05, 3.63) is 346 Å². The molecule has 5 aliphatic carbocycles. The molecular formula is C127H160Ir3N9O6. The summed E-state index contributed by atoms with van der Waals surface area (Å²) in [6, 6.07) is 95.4. The first-order valence-electron chi connectivity index (χ1n) is 52.1. The Bertz CT molecular complexity index is 5680. The summed E-state index contributed by atoms with van der Waals surface area (Å²) in [7, 11) is 6.11. The minimum atomic E-state index is -0.375. The molecule has 3 aliphatic heterocycles. The molecule has 6 N–H and O–H groups in total. The number of aromatic nitrogens is 3. The van der Waals surface area contributed by atoms with Gasteiger partial charge >= 0.3 is 60.3 Å². The number of hydrogen-bond donors (Lipinski definition) is 6. The molecule has 2 spiro atoms. The van der Waals surface area contributed by atoms with Crippen molar-refractivity contribution in [1.82, 2.24) is 29.7 Å². The van der Waals surface area contributed by atoms with E-state index >= 15 is 0 Å². The number of pyridine rings is 3. The van der Waals surface area contributed by atoms with E-state index < -0.39 is 0 Å². The Morgan fingerprint density at radius 3 is 0.848 bits per heavy atom. The summed E-state index contributed by atoms with van der Waals surface area (Å²) in [5.74, 6) is 2.04. The number of allylic oxidation sites excluding steroid dienone is 3. The van der Waals surface area contributed by atoms with Crippen LogP contribution in [0, 0.1) is 83.5 Å². The van der Waals surface area contributed by atoms with Crippen molar-refractivity contribution in [1.29, 1.82) is 0 Å². The number of hydrogen-bond acceptors (Lipinski definition) is 15. The molecular weight excluding hydrogens is 2320 g/mol. The minimum absolute atomic E-state index is 0. The van der Waals surface area contributed by atoms with Crippen LogP contribution in [0.1, 0.15) is 286 Å². The summed E-state index contributed by atoms with van der Waals surface area (Å²) >= 11 is 0. The quantitative estimate of drug-likeness (QED) is 0.0534. The zero-order valence-corrected chi connectivity index (χ0v) is 96.3. The Morgan fingerprint density at radius 2 is 0.600 bits per heavy atom. The first kappa shape index (κ1) is 119. The van der Waals surface area contributed by atoms with Gasteiger partial charge in [-0.25, -0.2) is 0 Å². The van der Waals surface area contributed by atoms with Crippen LogP contribution in [-0.2, 0) is 60.3 Å². The van der Waals surface area contributed by atoms with Gasteiger partial charge in [-0.2, -0.15) is 111 Å². The summed E-state index contributed by atoms with van der Waals surface area (Å²) < 4.78 is 0. The molecule has 8 aliphatic rings. The van der Waals surface area contributed by atoms with E-state index in [1.165, 1.54) is 195 Å². The number of aliphatic hydroxyl groups is 6. The van der Waals surface area contributed by atoms with E-state index in [0.29, 0.717) is 58.2 Å². The van der Waals surface area contributed by atoms with E-state index in [-0.39, 0.29) is 96.9 Å². The van der Waals surface area contributed by atoms with Crippen LogP contribution in [0.3, 0.4) is 0 Å². The molecule has 145 heavy (non-hydrogen) atoms. The van der Waals surface area contributed by atoms with Crippen LogP contribution in [0.4, 0.5) is 17.1 Å². The van der Waals surface area contributed by atoms with Crippen LogP contribution in [0.2, 0.25) is 0 Å². The van der Waals surface area contributed by atoms with Crippen LogP contribution in [0.25, 0.3) is 66.1 Å². The smallest absolute Gasteiger partial charge is 0.508 e. The molecule has 6 unspecified atom stereocenters. The van der Waals surface area contributed by atoms with Crippen LogP contribution in [-0.4, -0.2) is 118 Å². The van der Waals surface area contributed by atoms with Crippen LogP contribution >= 0.6 is 0 Å². The van der Waals surface area contributed by atoms with Crippen LogP contribution in [0.15, 0.2) is 273 Å². The van der Waals surface area contributed by atoms with Gasteiger partial charge in [-0.3, -0.25) is 0 Å². The van der Waals surface area contributed by atoms with Crippen LogP contribution < -0.4 is 14.7 Å². The summed E-state index contributed by atoms with van der Waals surface area (Å²) in [6.45, 7) is 36.9. The Kier molecular flexibility index (Phi) is 47.0. The van der Waals surface area contributed by atoms with E-state index in [1.54, 1.807) is 41.5 Å². The van der Waals surface area contributed by atoms with Crippen molar-refractivity contribution in [3.8, 4) is 33.8 Å². The van der Waals surface area contributed by atoms with E-state index in [1.807, 2.05) is 169 Å². The van der Waals surface area contributed by atoms with Gasteiger partial charge in [0.05, 0.1) is 36.6 Å². The third kappa shape index (κ3) is 36.4. The molecule has 5 saturated carbocycles. The van der Waals surface area contributed by atoms with E-state index in [0.717, 1.165) is 56.8 Å². The number of aliphatic hydroxyl groups excluding tert-OH is 6. The van der Waals surface area contributed by atoms with Gasteiger partial charge in [-0.05, 0) is 377 Å². The van der Waals surface area contributed by atoms with Gasteiger partial charge < -0.3 is 75.0 Å². The number of para-hydroxylation sites is 3. The SMILES string of the molecule is CC(O)CC(C)O.CC(O)CC(C)O.CC(O)CC(C)O.CC1(C)CC(c2ccc3ccnc(-c4[c-]cccc4)c3c2)CC(C)(C)C1.CC1(C)CCC2(CCC(c3ccc4ccnc(-c5[c-]cccc5)c4c3)CC2)CC1.CC1=CN(c2[c-]cccc2)[CH-]N1C.CC1=CN(c2[c-]cccc2)[CH-]N1C.CC1=CN(c2[c-]cccc2)[CH-]N1C.[Ir+3].[Ir+3].[Ir+3].[c-]1ccccc1-c1nccc2ccc(C3CCC4(CCCCC4)CC3)cc12. The van der Waals surface area contributed by atoms with Gasteiger partial charge in [0.15, 0.2) is 0 Å². The van der Waals surface area contributed by atoms with Crippen molar-refractivity contribution in [2.24, 2.45) is 27.1 Å². The molecule has 0 amide bonds. The van der Waals surface area contributed by atoms with Gasteiger partial charge in [-0.1, -0.05) is 115 Å². The Balaban J connectivity index is 0.000000190. The largest absolute Gasteiger partial charge is 3.00 e. The fraction of sp³-hybridized carbons (Fsp3) is 0.433. The number of fused-ring (bicyclic) bond motifs is 3. The second kappa shape index (κ2) is 57.1. The molecule has 6 atom stereocenters. The molecule has 3 aromatic heterocycles. The van der Waals surface area contributed by atoms with Gasteiger partial charge in [-0.15, -0.1) is 125 Å². The van der Waals surface area contributed by atoms with Crippen molar-refractivity contribution >= 4 is 49.4 Å². The zero-order valence-electron chi connectivity index (χ0n) is 89.1. The second-order valence-electron chi connectivity index (χ2n) is 43.9. The number of nitrogens with zero attached hydrogens (tertiary/aromatic N) is 9. The standard InChI is InChI=1S/C28H32N.C26H28N.C25H28N.3C11H12N2.3C5H12O2.3Ir/c1-27(2)15-17-28(18-16-27)13-10-21(11-14-28)24-9-8-22-12-19-29-26(25(22)20-24)23-6-4-3-5-7-23;1-3-7-22(8-4-1)25-24-19-23(10-9-21(24)13-18-27-25)20-11-16-26(17-12-20)14-5-2-6-15-26;1-24(2)15-21(16-25(3,4)17-24)20-11-10-18-12-13-26-23(22(18)14-20)19-8-6-5-7-9-19;3*1-10-8-13(9-12(10)2)11-6-4-3-5-7-11;3*1-4(6)3-5(2)7;;;/h3-6,8-9,12,19-21H,10-11,13-18H2,1-2H3;1,3-4,7,9-10,13,18-20H,2,5-6,11-12,14-17H2;5-8,10-14,21H,15-17H2,1-4H3;3*3-6,8-9H,1-2H3;3*4-7H,3H2,1-2H3;;;/q3*-1;3*-2;;;;3*+3. The molecule has 9 aromatic carbocycles. The predicted molar refractivity (Wildman–Crippen MR) is 589 cm³/mol. The van der Waals surface area contributed by atoms with Crippen molar-refractivity contribution in [3.63, 3.8) is 0 Å². The Morgan fingerprint density at radius 1 is 0.324 bits per heavy atom. The molecule has 0 saturated heterocycles. The Hall–Kier alpha value is -9.06.